The highest BCUT2D eigenvalue weighted by Crippen LogP contribution is 2.26. The number of esters is 1. The van der Waals surface area contributed by atoms with E-state index >= 15 is 0 Å². The van der Waals surface area contributed by atoms with Gasteiger partial charge in [0, 0.05) is 18.7 Å². The lowest BCUT2D eigenvalue weighted by Gasteiger charge is -2.34. The Labute approximate surface area is 207 Å². The summed E-state index contributed by atoms with van der Waals surface area (Å²) in [6, 6.07) is 9.85. The maximum atomic E-state index is 12.9. The fourth-order valence-corrected chi connectivity index (χ4v) is 5.63. The van der Waals surface area contributed by atoms with Crippen LogP contribution in [0.15, 0.2) is 53.4 Å². The number of rotatable bonds is 8. The Morgan fingerprint density at radius 3 is 2.08 bits per heavy atom. The molecule has 194 valence electrons. The summed E-state index contributed by atoms with van der Waals surface area (Å²) in [5, 5.41) is 2.01. The molecule has 0 aromatic heterocycles. The first-order valence-corrected chi connectivity index (χ1v) is 12.6. The van der Waals surface area contributed by atoms with Crippen molar-refractivity contribution in [2.75, 3.05) is 19.7 Å². The van der Waals surface area contributed by atoms with Crippen molar-refractivity contribution < 1.29 is 41.1 Å². The van der Waals surface area contributed by atoms with Crippen molar-refractivity contribution >= 4 is 27.8 Å². The Kier molecular flexibility index (Phi) is 8.75. The average molecular weight is 525 g/mol. The minimum atomic E-state index is -3.71. The number of piperidine rings is 1. The molecule has 2 aromatic carbocycles. The van der Waals surface area contributed by atoms with Crippen LogP contribution in [-0.2, 0) is 19.6 Å². The second-order valence-corrected chi connectivity index (χ2v) is 10.6. The molecule has 3 rings (SSSR count). The number of ether oxygens (including phenoxy) is 2. The number of hydrogen-bond donors (Lipinski definition) is 1. The van der Waals surface area contributed by atoms with Gasteiger partial charge in [-0.1, -0.05) is 13.8 Å². The number of halogens is 2. The zero-order valence-corrected chi connectivity index (χ0v) is 20.5. The molecular weight excluding hydrogens is 498 g/mol. The summed E-state index contributed by atoms with van der Waals surface area (Å²) >= 11 is 0. The van der Waals surface area contributed by atoms with Gasteiger partial charge in [0.2, 0.25) is 10.0 Å². The molecule has 0 radical (unpaired) electrons. The zero-order valence-electron chi connectivity index (χ0n) is 19.6. The highest BCUT2D eigenvalue weighted by atomic mass is 32.2. The first kappa shape index (κ1) is 27.2. The van der Waals surface area contributed by atoms with Gasteiger partial charge in [0.15, 0.2) is 6.61 Å². The predicted molar refractivity (Wildman–Crippen MR) is 124 cm³/mol. The third kappa shape index (κ3) is 7.08. The van der Waals surface area contributed by atoms with Crippen LogP contribution < -0.4 is 10.1 Å². The molecular formula is C24H26F2N2O7S. The number of hydrogen-bond acceptors (Lipinski definition) is 7. The van der Waals surface area contributed by atoms with Gasteiger partial charge in [-0.2, -0.15) is 13.1 Å². The number of amides is 2. The van der Waals surface area contributed by atoms with Crippen LogP contribution in [0.1, 0.15) is 41.0 Å². The van der Waals surface area contributed by atoms with E-state index in [9.17, 15) is 31.6 Å². The van der Waals surface area contributed by atoms with Gasteiger partial charge in [0.1, 0.15) is 5.75 Å². The van der Waals surface area contributed by atoms with E-state index in [1.165, 1.54) is 40.7 Å². The van der Waals surface area contributed by atoms with Crippen LogP contribution in [0.25, 0.3) is 0 Å². The predicted octanol–water partition coefficient (Wildman–Crippen LogP) is 3.07. The van der Waals surface area contributed by atoms with Crippen LogP contribution >= 0.6 is 0 Å². The highest BCUT2D eigenvalue weighted by Gasteiger charge is 2.31. The van der Waals surface area contributed by atoms with E-state index in [0.29, 0.717) is 13.1 Å². The minimum absolute atomic E-state index is 0.00517. The quantitative estimate of drug-likeness (QED) is 0.527. The number of sulfonamides is 1. The molecule has 12 heteroatoms. The fraction of sp³-hybridized carbons (Fsp3) is 0.375. The summed E-state index contributed by atoms with van der Waals surface area (Å²) in [6.07, 6.45) is 0.957. The maximum Gasteiger partial charge on any atom is 0.387 e. The van der Waals surface area contributed by atoms with E-state index in [4.69, 9.17) is 4.74 Å². The van der Waals surface area contributed by atoms with Crippen LogP contribution in [0.5, 0.6) is 5.75 Å². The summed E-state index contributed by atoms with van der Waals surface area (Å²) in [4.78, 5) is 36.4. The van der Waals surface area contributed by atoms with Gasteiger partial charge >= 0.3 is 12.6 Å². The number of nitrogens with one attached hydrogen (secondary N) is 1. The van der Waals surface area contributed by atoms with Crippen LogP contribution in [0.3, 0.4) is 0 Å². The molecule has 36 heavy (non-hydrogen) atoms. The molecule has 2 amide bonds. The van der Waals surface area contributed by atoms with Crippen molar-refractivity contribution in [2.24, 2.45) is 11.8 Å². The number of carbonyl (C=O) groups excluding carboxylic acids is 3. The lowest BCUT2D eigenvalue weighted by atomic mass is 9.94. The Balaban J connectivity index is 1.53. The minimum Gasteiger partial charge on any atom is -0.452 e. The van der Waals surface area contributed by atoms with Gasteiger partial charge in [-0.05, 0) is 66.8 Å². The molecule has 1 N–H and O–H groups in total. The van der Waals surface area contributed by atoms with E-state index in [-0.39, 0.29) is 33.6 Å². The molecule has 1 aliphatic heterocycles. The smallest absolute Gasteiger partial charge is 0.387 e. The van der Waals surface area contributed by atoms with Crippen LogP contribution in [-0.4, -0.2) is 56.8 Å². The Morgan fingerprint density at radius 1 is 0.972 bits per heavy atom. The molecule has 0 spiro atoms. The lowest BCUT2D eigenvalue weighted by Crippen LogP contribution is -2.42. The van der Waals surface area contributed by atoms with Gasteiger partial charge in [-0.3, -0.25) is 14.9 Å². The Hall–Kier alpha value is -3.38. The van der Waals surface area contributed by atoms with Gasteiger partial charge in [0.05, 0.1) is 10.5 Å². The van der Waals surface area contributed by atoms with Crippen molar-refractivity contribution in [3.05, 3.63) is 59.7 Å². The SMILES string of the molecule is C[C@@H]1C[C@@H](C)CN(S(=O)(=O)c2ccc(C(=O)OCC(=O)NC(=O)c3ccc(OC(F)F)cc3)cc2)C1. The standard InChI is InChI=1S/C24H26F2N2O7S/c1-15-11-16(2)13-28(12-15)36(32,33)20-9-5-18(6-10-20)23(31)34-14-21(29)27-22(30)17-3-7-19(8-4-17)35-24(25)26/h3-10,15-16,24H,11-14H2,1-2H3,(H,27,29,30)/t15-,16-/m1/s1. The number of nitrogens with zero attached hydrogens (tertiary/aromatic N) is 1. The van der Waals surface area contributed by atoms with E-state index < -0.39 is 41.0 Å². The highest BCUT2D eigenvalue weighted by molar-refractivity contribution is 7.89. The van der Waals surface area contributed by atoms with E-state index in [0.717, 1.165) is 18.6 Å². The van der Waals surface area contributed by atoms with Crippen molar-refractivity contribution in [2.45, 2.75) is 31.8 Å². The van der Waals surface area contributed by atoms with Crippen molar-refractivity contribution in [3.63, 3.8) is 0 Å². The number of carbonyl (C=O) groups is 3. The largest absolute Gasteiger partial charge is 0.452 e. The third-order valence-electron chi connectivity index (χ3n) is 5.49. The Morgan fingerprint density at radius 2 is 1.53 bits per heavy atom. The van der Waals surface area contributed by atoms with Crippen molar-refractivity contribution in [3.8, 4) is 5.75 Å². The molecule has 0 aliphatic carbocycles. The molecule has 1 heterocycles. The summed E-state index contributed by atoms with van der Waals surface area (Å²) in [5.41, 5.74) is 0.0358. The normalized spacial score (nSPS) is 18.5. The molecule has 2 aromatic rings. The fourth-order valence-electron chi connectivity index (χ4n) is 3.95. The van der Waals surface area contributed by atoms with E-state index in [1.54, 1.807) is 0 Å². The van der Waals surface area contributed by atoms with Gasteiger partial charge in [-0.15, -0.1) is 0 Å². The summed E-state index contributed by atoms with van der Waals surface area (Å²) < 4.78 is 60.8. The molecule has 0 unspecified atom stereocenters. The van der Waals surface area contributed by atoms with Crippen LogP contribution in [0.2, 0.25) is 0 Å². The average Bonchev–Trinajstić information content (AvgIpc) is 2.82. The Bertz CT molecular complexity index is 1190. The van der Waals surface area contributed by atoms with Gasteiger partial charge < -0.3 is 9.47 Å². The second-order valence-electron chi connectivity index (χ2n) is 8.65. The number of benzene rings is 2. The second kappa shape index (κ2) is 11.6. The van der Waals surface area contributed by atoms with Crippen LogP contribution in [0.4, 0.5) is 8.78 Å². The van der Waals surface area contributed by atoms with E-state index in [2.05, 4.69) is 4.74 Å². The maximum absolute atomic E-state index is 12.9. The number of imide groups is 1. The lowest BCUT2D eigenvalue weighted by molar-refractivity contribution is -0.123. The topological polar surface area (TPSA) is 119 Å². The molecule has 2 atom stereocenters. The van der Waals surface area contributed by atoms with Crippen molar-refractivity contribution in [1.82, 2.24) is 9.62 Å². The number of alkyl halides is 2. The first-order chi connectivity index (χ1) is 17.0. The molecule has 1 saturated heterocycles. The zero-order chi connectivity index (χ0) is 26.5. The van der Waals surface area contributed by atoms with Gasteiger partial charge in [-0.25, -0.2) is 13.2 Å². The molecule has 0 bridgehead atoms. The third-order valence-corrected chi connectivity index (χ3v) is 7.34. The first-order valence-electron chi connectivity index (χ1n) is 11.1. The van der Waals surface area contributed by atoms with Crippen molar-refractivity contribution in [1.29, 1.82) is 0 Å². The molecule has 1 fully saturated rings. The summed E-state index contributed by atoms with van der Waals surface area (Å²) in [7, 11) is -3.71. The van der Waals surface area contributed by atoms with Gasteiger partial charge in [0.25, 0.3) is 11.8 Å². The van der Waals surface area contributed by atoms with E-state index in [1.807, 2.05) is 19.2 Å². The summed E-state index contributed by atoms with van der Waals surface area (Å²) in [6.45, 7) is 1.09. The molecule has 1 aliphatic rings. The molecule has 9 nitrogen and oxygen atoms in total. The van der Waals surface area contributed by atoms with Crippen LogP contribution in [0, 0.1) is 11.8 Å². The molecule has 0 saturated carbocycles. The summed E-state index contributed by atoms with van der Waals surface area (Å²) in [5.74, 6) is -2.27. The monoisotopic (exact) mass is 524 g/mol.